The first-order valence-corrected chi connectivity index (χ1v) is 7.50. The normalized spacial score (nSPS) is 10.8. The second-order valence-corrected chi connectivity index (χ2v) is 4.95. The summed E-state index contributed by atoms with van der Waals surface area (Å²) in [7, 11) is 2.04. The van der Waals surface area contributed by atoms with Gasteiger partial charge in [0.2, 0.25) is 0 Å². The van der Waals surface area contributed by atoms with Gasteiger partial charge in [-0.25, -0.2) is 4.99 Å². The summed E-state index contributed by atoms with van der Waals surface area (Å²) in [5.41, 5.74) is 2.00. The zero-order valence-electron chi connectivity index (χ0n) is 13.6. The molecule has 0 saturated carbocycles. The fraction of sp³-hybridized carbons (Fsp3) is 0.471. The molecule has 1 aromatic carbocycles. The number of rotatable bonds is 8. The van der Waals surface area contributed by atoms with Gasteiger partial charge in [-0.15, -0.1) is 30.6 Å². The number of halogens is 1. The Morgan fingerprint density at radius 3 is 2.64 bits per heavy atom. The lowest BCUT2D eigenvalue weighted by molar-refractivity contribution is 0.280. The lowest BCUT2D eigenvalue weighted by atomic mass is 10.1. The second kappa shape index (κ2) is 12.5. The van der Waals surface area contributed by atoms with E-state index >= 15 is 0 Å². The number of hydrogen-bond donors (Lipinski definition) is 2. The van der Waals surface area contributed by atoms with Crippen molar-refractivity contribution < 1.29 is 5.11 Å². The molecule has 0 aromatic heterocycles. The molecule has 0 saturated heterocycles. The van der Waals surface area contributed by atoms with Crippen LogP contribution in [0.15, 0.2) is 41.9 Å². The summed E-state index contributed by atoms with van der Waals surface area (Å²) in [6.07, 6.45) is 4.02. The van der Waals surface area contributed by atoms with E-state index in [9.17, 15) is 5.11 Å². The SMILES string of the molecule is C=CCCCN(C)C(=NCc1ccccc1CO)NCC.I. The summed E-state index contributed by atoms with van der Waals surface area (Å²) < 4.78 is 0. The molecule has 0 aliphatic carbocycles. The molecule has 0 heterocycles. The average Bonchev–Trinajstić information content (AvgIpc) is 2.51. The van der Waals surface area contributed by atoms with Gasteiger partial charge in [-0.1, -0.05) is 30.3 Å². The van der Waals surface area contributed by atoms with Crippen molar-refractivity contribution in [1.82, 2.24) is 10.2 Å². The van der Waals surface area contributed by atoms with E-state index in [1.165, 1.54) is 0 Å². The highest BCUT2D eigenvalue weighted by Crippen LogP contribution is 2.10. The van der Waals surface area contributed by atoms with Crippen LogP contribution >= 0.6 is 24.0 Å². The van der Waals surface area contributed by atoms with Crippen molar-refractivity contribution in [3.8, 4) is 0 Å². The number of benzene rings is 1. The van der Waals surface area contributed by atoms with Gasteiger partial charge in [-0.3, -0.25) is 0 Å². The van der Waals surface area contributed by atoms with Gasteiger partial charge < -0.3 is 15.3 Å². The Bertz CT molecular complexity index is 463. The van der Waals surface area contributed by atoms with Crippen LogP contribution in [0.5, 0.6) is 0 Å². The van der Waals surface area contributed by atoms with Crippen LogP contribution in [0, 0.1) is 0 Å². The van der Waals surface area contributed by atoms with Crippen LogP contribution in [-0.2, 0) is 13.2 Å². The maximum atomic E-state index is 9.36. The van der Waals surface area contributed by atoms with Crippen LogP contribution in [0.2, 0.25) is 0 Å². The molecule has 0 unspecified atom stereocenters. The number of allylic oxidation sites excluding steroid dienone is 1. The Morgan fingerprint density at radius 2 is 2.05 bits per heavy atom. The van der Waals surface area contributed by atoms with E-state index in [1.807, 2.05) is 37.4 Å². The largest absolute Gasteiger partial charge is 0.392 e. The lowest BCUT2D eigenvalue weighted by Crippen LogP contribution is -2.39. The number of guanidine groups is 1. The second-order valence-electron chi connectivity index (χ2n) is 4.95. The summed E-state index contributed by atoms with van der Waals surface area (Å²) >= 11 is 0. The van der Waals surface area contributed by atoms with Gasteiger partial charge >= 0.3 is 0 Å². The first-order valence-electron chi connectivity index (χ1n) is 7.50. The van der Waals surface area contributed by atoms with E-state index in [-0.39, 0.29) is 30.6 Å². The highest BCUT2D eigenvalue weighted by molar-refractivity contribution is 14.0. The van der Waals surface area contributed by atoms with Crippen molar-refractivity contribution >= 4 is 29.9 Å². The number of unbranched alkanes of at least 4 members (excludes halogenated alkanes) is 1. The van der Waals surface area contributed by atoms with E-state index in [4.69, 9.17) is 0 Å². The first-order chi connectivity index (χ1) is 10.2. The first kappa shape index (κ1) is 20.9. The third-order valence-electron chi connectivity index (χ3n) is 3.29. The monoisotopic (exact) mass is 417 g/mol. The number of aliphatic imine (C=N–C) groups is 1. The molecule has 0 amide bonds. The molecular formula is C17H28IN3O. The van der Waals surface area contributed by atoms with Crippen molar-refractivity contribution in [3.63, 3.8) is 0 Å². The highest BCUT2D eigenvalue weighted by Gasteiger charge is 2.06. The topological polar surface area (TPSA) is 47.9 Å². The quantitative estimate of drug-likeness (QED) is 0.225. The number of aliphatic hydroxyl groups is 1. The number of nitrogens with one attached hydrogen (secondary N) is 1. The van der Waals surface area contributed by atoms with Gasteiger partial charge in [0.1, 0.15) is 0 Å². The van der Waals surface area contributed by atoms with Gasteiger partial charge in [-0.05, 0) is 30.9 Å². The van der Waals surface area contributed by atoms with Crippen molar-refractivity contribution in [2.45, 2.75) is 32.9 Å². The van der Waals surface area contributed by atoms with Crippen molar-refractivity contribution in [2.24, 2.45) is 4.99 Å². The summed E-state index contributed by atoms with van der Waals surface area (Å²) in [6, 6.07) is 7.86. The Morgan fingerprint density at radius 1 is 1.36 bits per heavy atom. The van der Waals surface area contributed by atoms with Gasteiger partial charge in [0.15, 0.2) is 5.96 Å². The summed E-state index contributed by atoms with van der Waals surface area (Å²) in [5, 5.41) is 12.7. The zero-order valence-corrected chi connectivity index (χ0v) is 15.9. The van der Waals surface area contributed by atoms with E-state index < -0.39 is 0 Å². The van der Waals surface area contributed by atoms with Crippen molar-refractivity contribution in [3.05, 3.63) is 48.0 Å². The number of nitrogens with zero attached hydrogens (tertiary/aromatic N) is 2. The average molecular weight is 417 g/mol. The molecule has 5 heteroatoms. The molecule has 0 atom stereocenters. The standard InChI is InChI=1S/C17H27N3O.HI/c1-4-6-9-12-20(3)17(18-5-2)19-13-15-10-7-8-11-16(15)14-21;/h4,7-8,10-11,21H,1,5-6,9,12-14H2,2-3H3,(H,18,19);1H. The Labute approximate surface area is 151 Å². The lowest BCUT2D eigenvalue weighted by Gasteiger charge is -2.22. The minimum atomic E-state index is 0. The molecule has 0 spiro atoms. The zero-order chi connectivity index (χ0) is 15.5. The van der Waals surface area contributed by atoms with Gasteiger partial charge in [-0.2, -0.15) is 0 Å². The van der Waals surface area contributed by atoms with Crippen LogP contribution in [0.4, 0.5) is 0 Å². The summed E-state index contributed by atoms with van der Waals surface area (Å²) in [5.74, 6) is 0.898. The minimum Gasteiger partial charge on any atom is -0.392 e. The molecule has 0 bridgehead atoms. The van der Waals surface area contributed by atoms with Crippen LogP contribution in [0.3, 0.4) is 0 Å². The van der Waals surface area contributed by atoms with Crippen LogP contribution in [0.25, 0.3) is 0 Å². The van der Waals surface area contributed by atoms with Gasteiger partial charge in [0.05, 0.1) is 13.2 Å². The Hall–Kier alpha value is -1.08. The Balaban J connectivity index is 0.00000441. The predicted octanol–water partition coefficient (Wildman–Crippen LogP) is 3.16. The van der Waals surface area contributed by atoms with Crippen LogP contribution < -0.4 is 5.32 Å². The van der Waals surface area contributed by atoms with Crippen molar-refractivity contribution in [1.29, 1.82) is 0 Å². The van der Waals surface area contributed by atoms with Gasteiger partial charge in [0.25, 0.3) is 0 Å². The molecule has 22 heavy (non-hydrogen) atoms. The molecular weight excluding hydrogens is 389 g/mol. The van der Waals surface area contributed by atoms with Crippen LogP contribution in [0.1, 0.15) is 30.9 Å². The molecule has 4 nitrogen and oxygen atoms in total. The maximum Gasteiger partial charge on any atom is 0.193 e. The van der Waals surface area contributed by atoms with Gasteiger partial charge in [0, 0.05) is 20.1 Å². The molecule has 1 rings (SSSR count). The maximum absolute atomic E-state index is 9.36. The number of hydrogen-bond acceptors (Lipinski definition) is 2. The smallest absolute Gasteiger partial charge is 0.193 e. The Kier molecular flexibility index (Phi) is 11.9. The number of aliphatic hydroxyl groups excluding tert-OH is 1. The third-order valence-corrected chi connectivity index (χ3v) is 3.29. The molecule has 1 aromatic rings. The predicted molar refractivity (Wildman–Crippen MR) is 105 cm³/mol. The van der Waals surface area contributed by atoms with Crippen LogP contribution in [-0.4, -0.2) is 36.1 Å². The highest BCUT2D eigenvalue weighted by atomic mass is 127. The summed E-state index contributed by atoms with van der Waals surface area (Å²) in [4.78, 5) is 6.80. The minimum absolute atomic E-state index is 0. The molecule has 0 aliphatic heterocycles. The molecule has 0 radical (unpaired) electrons. The fourth-order valence-electron chi connectivity index (χ4n) is 2.07. The summed E-state index contributed by atoms with van der Waals surface area (Å²) in [6.45, 7) is 8.22. The molecule has 0 aliphatic rings. The fourth-order valence-corrected chi connectivity index (χ4v) is 2.07. The molecule has 0 fully saturated rings. The van der Waals surface area contributed by atoms with E-state index in [0.29, 0.717) is 6.54 Å². The van der Waals surface area contributed by atoms with Crippen molar-refractivity contribution in [2.75, 3.05) is 20.1 Å². The van der Waals surface area contributed by atoms with E-state index in [1.54, 1.807) is 0 Å². The molecule has 2 N–H and O–H groups in total. The van der Waals surface area contributed by atoms with E-state index in [2.05, 4.69) is 28.7 Å². The third kappa shape index (κ3) is 7.26. The van der Waals surface area contributed by atoms with E-state index in [0.717, 1.165) is 43.0 Å². The molecule has 124 valence electrons.